The van der Waals surface area contributed by atoms with E-state index in [0.29, 0.717) is 0 Å². The first-order valence-electron chi connectivity index (χ1n) is 7.96. The fourth-order valence-corrected chi connectivity index (χ4v) is 1.88. The molecule has 126 valence electrons. The zero-order chi connectivity index (χ0) is 15.3. The SMILES string of the molecule is CCCCOc1ccc(CCNC(=NC)NCCC)cc1.I. The van der Waals surface area contributed by atoms with Gasteiger partial charge in [0.25, 0.3) is 0 Å². The quantitative estimate of drug-likeness (QED) is 0.278. The minimum atomic E-state index is 0. The summed E-state index contributed by atoms with van der Waals surface area (Å²) in [5.41, 5.74) is 1.30. The van der Waals surface area contributed by atoms with E-state index in [9.17, 15) is 0 Å². The van der Waals surface area contributed by atoms with E-state index in [1.165, 1.54) is 5.56 Å². The summed E-state index contributed by atoms with van der Waals surface area (Å²) in [6.45, 7) is 6.94. The molecule has 0 bridgehead atoms. The summed E-state index contributed by atoms with van der Waals surface area (Å²) < 4.78 is 5.66. The lowest BCUT2D eigenvalue weighted by Gasteiger charge is -2.11. The van der Waals surface area contributed by atoms with E-state index in [2.05, 4.69) is 53.7 Å². The third kappa shape index (κ3) is 9.12. The molecule has 0 aromatic heterocycles. The Balaban J connectivity index is 0.00000441. The van der Waals surface area contributed by atoms with Crippen molar-refractivity contribution in [2.24, 2.45) is 4.99 Å². The smallest absolute Gasteiger partial charge is 0.190 e. The Morgan fingerprint density at radius 3 is 2.32 bits per heavy atom. The number of nitrogens with zero attached hydrogens (tertiary/aromatic N) is 1. The molecule has 5 heteroatoms. The molecule has 0 unspecified atom stereocenters. The third-order valence-electron chi connectivity index (χ3n) is 3.16. The number of rotatable bonds is 9. The van der Waals surface area contributed by atoms with Crippen molar-refractivity contribution >= 4 is 29.9 Å². The van der Waals surface area contributed by atoms with Gasteiger partial charge in [0.2, 0.25) is 0 Å². The normalized spacial score (nSPS) is 10.8. The molecule has 0 atom stereocenters. The van der Waals surface area contributed by atoms with E-state index >= 15 is 0 Å². The lowest BCUT2D eigenvalue weighted by Crippen LogP contribution is -2.38. The zero-order valence-electron chi connectivity index (χ0n) is 14.0. The number of hydrogen-bond acceptors (Lipinski definition) is 2. The number of nitrogens with one attached hydrogen (secondary N) is 2. The van der Waals surface area contributed by atoms with Crippen LogP contribution in [0.2, 0.25) is 0 Å². The van der Waals surface area contributed by atoms with Crippen molar-refractivity contribution < 1.29 is 4.74 Å². The number of aliphatic imine (C=N–C) groups is 1. The maximum absolute atomic E-state index is 5.66. The van der Waals surface area contributed by atoms with Crippen LogP contribution in [0.3, 0.4) is 0 Å². The Hall–Kier alpha value is -0.980. The Kier molecular flexibility index (Phi) is 13.1. The first kappa shape index (κ1) is 21.0. The maximum atomic E-state index is 5.66. The highest BCUT2D eigenvalue weighted by molar-refractivity contribution is 14.0. The average Bonchev–Trinajstić information content (AvgIpc) is 2.52. The molecule has 4 nitrogen and oxygen atoms in total. The summed E-state index contributed by atoms with van der Waals surface area (Å²) in [6.07, 6.45) is 4.34. The number of unbranched alkanes of at least 4 members (excludes halogenated alkanes) is 1. The lowest BCUT2D eigenvalue weighted by molar-refractivity contribution is 0.309. The van der Waals surface area contributed by atoms with Crippen LogP contribution in [0.25, 0.3) is 0 Å². The predicted molar refractivity (Wildman–Crippen MR) is 106 cm³/mol. The molecule has 0 amide bonds. The first-order valence-corrected chi connectivity index (χ1v) is 7.96. The molecule has 22 heavy (non-hydrogen) atoms. The third-order valence-corrected chi connectivity index (χ3v) is 3.16. The number of benzene rings is 1. The molecule has 1 rings (SSSR count). The highest BCUT2D eigenvalue weighted by Gasteiger charge is 1.98. The molecule has 0 saturated carbocycles. The van der Waals surface area contributed by atoms with Crippen LogP contribution in [-0.2, 0) is 6.42 Å². The molecule has 0 saturated heterocycles. The maximum Gasteiger partial charge on any atom is 0.190 e. The van der Waals surface area contributed by atoms with Gasteiger partial charge in [-0.1, -0.05) is 32.4 Å². The summed E-state index contributed by atoms with van der Waals surface area (Å²) in [5.74, 6) is 1.83. The number of ether oxygens (including phenoxy) is 1. The van der Waals surface area contributed by atoms with Gasteiger partial charge in [-0.3, -0.25) is 4.99 Å². The topological polar surface area (TPSA) is 45.6 Å². The van der Waals surface area contributed by atoms with E-state index in [1.807, 2.05) is 0 Å². The second kappa shape index (κ2) is 13.7. The zero-order valence-corrected chi connectivity index (χ0v) is 16.4. The lowest BCUT2D eigenvalue weighted by atomic mass is 10.1. The molecule has 1 aromatic rings. The Labute approximate surface area is 152 Å². The van der Waals surface area contributed by atoms with E-state index in [0.717, 1.165) is 57.1 Å². The molecular formula is C17H30IN3O. The molecule has 0 radical (unpaired) electrons. The number of hydrogen-bond donors (Lipinski definition) is 2. The van der Waals surface area contributed by atoms with E-state index in [1.54, 1.807) is 7.05 Å². The van der Waals surface area contributed by atoms with Crippen molar-refractivity contribution in [3.63, 3.8) is 0 Å². The van der Waals surface area contributed by atoms with Crippen molar-refractivity contribution in [1.29, 1.82) is 0 Å². The van der Waals surface area contributed by atoms with Crippen molar-refractivity contribution in [3.05, 3.63) is 29.8 Å². The summed E-state index contributed by atoms with van der Waals surface area (Å²) in [5, 5.41) is 6.58. The predicted octanol–water partition coefficient (Wildman–Crippen LogP) is 3.60. The average molecular weight is 419 g/mol. The largest absolute Gasteiger partial charge is 0.494 e. The van der Waals surface area contributed by atoms with E-state index in [-0.39, 0.29) is 24.0 Å². The molecule has 0 aliphatic carbocycles. The van der Waals surface area contributed by atoms with Gasteiger partial charge in [0, 0.05) is 20.1 Å². The van der Waals surface area contributed by atoms with E-state index < -0.39 is 0 Å². The first-order chi connectivity index (χ1) is 10.3. The van der Waals surface area contributed by atoms with Crippen molar-refractivity contribution in [2.75, 3.05) is 26.7 Å². The van der Waals surface area contributed by atoms with Gasteiger partial charge < -0.3 is 15.4 Å². The summed E-state index contributed by atoms with van der Waals surface area (Å²) in [4.78, 5) is 4.19. The standard InChI is InChI=1S/C17H29N3O.HI/c1-4-6-14-21-16-9-7-15(8-10-16)11-13-20-17(18-3)19-12-5-2;/h7-10H,4-6,11-14H2,1-3H3,(H2,18,19,20);1H. The fourth-order valence-electron chi connectivity index (χ4n) is 1.88. The van der Waals surface area contributed by atoms with Crippen LogP contribution < -0.4 is 15.4 Å². The Morgan fingerprint density at radius 1 is 1.05 bits per heavy atom. The molecule has 0 aliphatic heterocycles. The van der Waals surface area contributed by atoms with Crippen LogP contribution in [-0.4, -0.2) is 32.7 Å². The highest BCUT2D eigenvalue weighted by atomic mass is 127. The molecule has 2 N–H and O–H groups in total. The van der Waals surface area contributed by atoms with Crippen LogP contribution in [0, 0.1) is 0 Å². The molecule has 0 fully saturated rings. The van der Waals surface area contributed by atoms with Gasteiger partial charge in [-0.15, -0.1) is 24.0 Å². The van der Waals surface area contributed by atoms with Crippen LogP contribution in [0.1, 0.15) is 38.7 Å². The summed E-state index contributed by atoms with van der Waals surface area (Å²) in [7, 11) is 1.80. The van der Waals surface area contributed by atoms with Gasteiger partial charge in [-0.2, -0.15) is 0 Å². The van der Waals surface area contributed by atoms with Crippen molar-refractivity contribution in [1.82, 2.24) is 10.6 Å². The molecular weight excluding hydrogens is 389 g/mol. The fraction of sp³-hybridized carbons (Fsp3) is 0.588. The minimum absolute atomic E-state index is 0. The summed E-state index contributed by atoms with van der Waals surface area (Å²) >= 11 is 0. The van der Waals surface area contributed by atoms with E-state index in [4.69, 9.17) is 4.74 Å². The van der Waals surface area contributed by atoms with Crippen LogP contribution in [0.5, 0.6) is 5.75 Å². The van der Waals surface area contributed by atoms with Crippen LogP contribution in [0.15, 0.2) is 29.3 Å². The van der Waals surface area contributed by atoms with Crippen LogP contribution in [0.4, 0.5) is 0 Å². The van der Waals surface area contributed by atoms with Crippen molar-refractivity contribution in [2.45, 2.75) is 39.5 Å². The number of halogens is 1. The second-order valence-corrected chi connectivity index (χ2v) is 5.02. The second-order valence-electron chi connectivity index (χ2n) is 5.02. The van der Waals surface area contributed by atoms with Gasteiger partial charge in [0.15, 0.2) is 5.96 Å². The minimum Gasteiger partial charge on any atom is -0.494 e. The van der Waals surface area contributed by atoms with Crippen LogP contribution >= 0.6 is 24.0 Å². The molecule has 0 aliphatic rings. The summed E-state index contributed by atoms with van der Waals surface area (Å²) in [6, 6.07) is 8.36. The molecule has 1 aromatic carbocycles. The van der Waals surface area contributed by atoms with Crippen molar-refractivity contribution in [3.8, 4) is 5.75 Å². The molecule has 0 spiro atoms. The van der Waals surface area contributed by atoms with Gasteiger partial charge in [0.05, 0.1) is 6.61 Å². The van der Waals surface area contributed by atoms with Gasteiger partial charge >= 0.3 is 0 Å². The van der Waals surface area contributed by atoms with Gasteiger partial charge in [0.1, 0.15) is 5.75 Å². The molecule has 0 heterocycles. The van der Waals surface area contributed by atoms with Gasteiger partial charge in [-0.05, 0) is 37.0 Å². The number of guanidine groups is 1. The van der Waals surface area contributed by atoms with Gasteiger partial charge in [-0.25, -0.2) is 0 Å². The highest BCUT2D eigenvalue weighted by Crippen LogP contribution is 2.12. The monoisotopic (exact) mass is 419 g/mol. The Bertz CT molecular complexity index is 407. The Morgan fingerprint density at radius 2 is 1.73 bits per heavy atom.